The van der Waals surface area contributed by atoms with Crippen molar-refractivity contribution in [2.75, 3.05) is 6.54 Å². The monoisotopic (exact) mass is 321 g/mol. The van der Waals surface area contributed by atoms with Gasteiger partial charge in [0.2, 0.25) is 10.0 Å². The van der Waals surface area contributed by atoms with E-state index in [-0.39, 0.29) is 11.4 Å². The fraction of sp³-hybridized carbons (Fsp3) is 0.400. The van der Waals surface area contributed by atoms with Crippen LogP contribution in [-0.2, 0) is 10.0 Å². The maximum Gasteiger partial charge on any atom is 0.243 e. The molecule has 6 nitrogen and oxygen atoms in total. The van der Waals surface area contributed by atoms with E-state index in [9.17, 15) is 13.5 Å². The van der Waals surface area contributed by atoms with Crippen LogP contribution in [0.2, 0.25) is 0 Å². The van der Waals surface area contributed by atoms with Crippen LogP contribution in [0.25, 0.3) is 5.69 Å². The molecule has 0 spiro atoms. The van der Waals surface area contributed by atoms with E-state index in [1.54, 1.807) is 0 Å². The third-order valence-corrected chi connectivity index (χ3v) is 5.40. The number of aryl methyl sites for hydroxylation is 1. The van der Waals surface area contributed by atoms with Crippen LogP contribution in [0, 0.1) is 6.92 Å². The lowest BCUT2D eigenvalue weighted by Crippen LogP contribution is -2.47. The second kappa shape index (κ2) is 5.49. The second-order valence-corrected chi connectivity index (χ2v) is 7.63. The molecule has 0 unspecified atom stereocenters. The minimum absolute atomic E-state index is 0.0467. The van der Waals surface area contributed by atoms with Gasteiger partial charge in [0.25, 0.3) is 0 Å². The van der Waals surface area contributed by atoms with Crippen LogP contribution >= 0.6 is 0 Å². The van der Waals surface area contributed by atoms with E-state index >= 15 is 0 Å². The first-order valence-electron chi connectivity index (χ1n) is 7.22. The molecule has 1 saturated carbocycles. The standard InChI is InChI=1S/C15H19N3O3S/c1-12-3-5-13(6-4-12)18-10-14(9-16-18)22(20,21)17-11-15(19)7-2-8-15/h3-6,9-10,17,19H,2,7-8,11H2,1H3. The average molecular weight is 321 g/mol. The summed E-state index contributed by atoms with van der Waals surface area (Å²) in [6.07, 6.45) is 4.99. The zero-order valence-corrected chi connectivity index (χ0v) is 13.2. The van der Waals surface area contributed by atoms with Crippen molar-refractivity contribution >= 4 is 10.0 Å². The number of benzene rings is 1. The molecular weight excluding hydrogens is 302 g/mol. The van der Waals surface area contributed by atoms with Crippen LogP contribution < -0.4 is 4.72 Å². The van der Waals surface area contributed by atoms with Crippen LogP contribution in [0.15, 0.2) is 41.6 Å². The van der Waals surface area contributed by atoms with Gasteiger partial charge in [0, 0.05) is 6.54 Å². The highest BCUT2D eigenvalue weighted by molar-refractivity contribution is 7.89. The molecule has 1 aromatic carbocycles. The highest BCUT2D eigenvalue weighted by Crippen LogP contribution is 2.31. The van der Waals surface area contributed by atoms with Gasteiger partial charge in [0.15, 0.2) is 0 Å². The molecular formula is C15H19N3O3S. The molecule has 118 valence electrons. The molecule has 1 aliphatic carbocycles. The second-order valence-electron chi connectivity index (χ2n) is 5.86. The Hall–Kier alpha value is -1.70. The summed E-state index contributed by atoms with van der Waals surface area (Å²) >= 11 is 0. The normalized spacial score (nSPS) is 17.2. The maximum atomic E-state index is 12.2. The fourth-order valence-electron chi connectivity index (χ4n) is 2.36. The summed E-state index contributed by atoms with van der Waals surface area (Å²) in [5.74, 6) is 0. The summed E-state index contributed by atoms with van der Waals surface area (Å²) in [4.78, 5) is 0.0935. The quantitative estimate of drug-likeness (QED) is 0.871. The van der Waals surface area contributed by atoms with Crippen molar-refractivity contribution in [1.29, 1.82) is 0 Å². The molecule has 1 heterocycles. The molecule has 22 heavy (non-hydrogen) atoms. The molecule has 0 aliphatic heterocycles. The van der Waals surface area contributed by atoms with Gasteiger partial charge in [-0.1, -0.05) is 17.7 Å². The topological polar surface area (TPSA) is 84.2 Å². The van der Waals surface area contributed by atoms with Gasteiger partial charge in [0.05, 0.1) is 23.7 Å². The number of hydrogen-bond acceptors (Lipinski definition) is 4. The van der Waals surface area contributed by atoms with Gasteiger partial charge in [-0.3, -0.25) is 0 Å². The van der Waals surface area contributed by atoms with Crippen LogP contribution in [0.5, 0.6) is 0 Å². The SMILES string of the molecule is Cc1ccc(-n2cc(S(=O)(=O)NCC3(O)CCC3)cn2)cc1. The van der Waals surface area contributed by atoms with Gasteiger partial charge in [0.1, 0.15) is 4.90 Å². The lowest BCUT2D eigenvalue weighted by atomic mass is 9.81. The summed E-state index contributed by atoms with van der Waals surface area (Å²) in [7, 11) is -3.66. The molecule has 0 amide bonds. The van der Waals surface area contributed by atoms with E-state index in [1.165, 1.54) is 17.1 Å². The summed E-state index contributed by atoms with van der Waals surface area (Å²) in [5, 5.41) is 14.1. The van der Waals surface area contributed by atoms with E-state index in [0.717, 1.165) is 17.7 Å². The zero-order valence-electron chi connectivity index (χ0n) is 12.4. The van der Waals surface area contributed by atoms with Crippen molar-refractivity contribution in [1.82, 2.24) is 14.5 Å². The van der Waals surface area contributed by atoms with Crippen molar-refractivity contribution in [3.8, 4) is 5.69 Å². The average Bonchev–Trinajstić information content (AvgIpc) is 2.95. The van der Waals surface area contributed by atoms with E-state index in [1.807, 2.05) is 31.2 Å². The van der Waals surface area contributed by atoms with Gasteiger partial charge in [-0.2, -0.15) is 5.10 Å². The molecule has 2 aromatic rings. The van der Waals surface area contributed by atoms with Crippen LogP contribution in [0.3, 0.4) is 0 Å². The summed E-state index contributed by atoms with van der Waals surface area (Å²) in [6, 6.07) is 7.64. The first-order valence-corrected chi connectivity index (χ1v) is 8.70. The van der Waals surface area contributed by atoms with Crippen molar-refractivity contribution in [3.05, 3.63) is 42.2 Å². The molecule has 3 rings (SSSR count). The first-order chi connectivity index (χ1) is 10.4. The summed E-state index contributed by atoms with van der Waals surface area (Å²) in [5.41, 5.74) is 1.03. The molecule has 2 N–H and O–H groups in total. The number of nitrogens with one attached hydrogen (secondary N) is 1. The van der Waals surface area contributed by atoms with Gasteiger partial charge in [-0.05, 0) is 38.3 Å². The Morgan fingerprint density at radius 1 is 1.32 bits per heavy atom. The van der Waals surface area contributed by atoms with Gasteiger partial charge in [-0.25, -0.2) is 17.8 Å². The van der Waals surface area contributed by atoms with E-state index in [2.05, 4.69) is 9.82 Å². The smallest absolute Gasteiger partial charge is 0.243 e. The van der Waals surface area contributed by atoms with Crippen LogP contribution in [0.1, 0.15) is 24.8 Å². The minimum Gasteiger partial charge on any atom is -0.389 e. The number of hydrogen-bond donors (Lipinski definition) is 2. The van der Waals surface area contributed by atoms with Crippen molar-refractivity contribution < 1.29 is 13.5 Å². The maximum absolute atomic E-state index is 12.2. The third-order valence-electron chi connectivity index (χ3n) is 4.04. The molecule has 1 aliphatic rings. The number of nitrogens with zero attached hydrogens (tertiary/aromatic N) is 2. The Balaban J connectivity index is 1.75. The first kappa shape index (κ1) is 15.2. The van der Waals surface area contributed by atoms with E-state index < -0.39 is 15.6 Å². The Labute approximate surface area is 129 Å². The molecule has 7 heteroatoms. The number of sulfonamides is 1. The van der Waals surface area contributed by atoms with Gasteiger partial charge < -0.3 is 5.11 Å². The highest BCUT2D eigenvalue weighted by atomic mass is 32.2. The molecule has 0 atom stereocenters. The fourth-order valence-corrected chi connectivity index (χ4v) is 3.41. The Kier molecular flexibility index (Phi) is 3.80. The lowest BCUT2D eigenvalue weighted by Gasteiger charge is -2.36. The predicted molar refractivity (Wildman–Crippen MR) is 82.3 cm³/mol. The molecule has 1 fully saturated rings. The number of rotatable bonds is 5. The van der Waals surface area contributed by atoms with E-state index in [0.29, 0.717) is 12.8 Å². The van der Waals surface area contributed by atoms with E-state index in [4.69, 9.17) is 0 Å². The van der Waals surface area contributed by atoms with Crippen molar-refractivity contribution in [2.24, 2.45) is 0 Å². The largest absolute Gasteiger partial charge is 0.389 e. The predicted octanol–water partition coefficient (Wildman–Crippen LogP) is 1.37. The van der Waals surface area contributed by atoms with Gasteiger partial charge >= 0.3 is 0 Å². The minimum atomic E-state index is -3.66. The van der Waals surface area contributed by atoms with Gasteiger partial charge in [-0.15, -0.1) is 0 Å². The Bertz CT molecular complexity index is 762. The molecule has 0 bridgehead atoms. The molecule has 0 radical (unpaired) electrons. The molecule has 1 aromatic heterocycles. The summed E-state index contributed by atoms with van der Waals surface area (Å²) < 4.78 is 28.5. The van der Waals surface area contributed by atoms with Crippen molar-refractivity contribution in [3.63, 3.8) is 0 Å². The Morgan fingerprint density at radius 3 is 2.59 bits per heavy atom. The van der Waals surface area contributed by atoms with Crippen LogP contribution in [-0.4, -0.2) is 35.5 Å². The number of aromatic nitrogens is 2. The third kappa shape index (κ3) is 3.06. The lowest BCUT2D eigenvalue weighted by molar-refractivity contribution is -0.0270. The summed E-state index contributed by atoms with van der Waals surface area (Å²) in [6.45, 7) is 2.03. The zero-order chi connectivity index (χ0) is 15.8. The van der Waals surface area contributed by atoms with Crippen molar-refractivity contribution in [2.45, 2.75) is 36.7 Å². The highest BCUT2D eigenvalue weighted by Gasteiger charge is 2.35. The molecule has 0 saturated heterocycles. The van der Waals surface area contributed by atoms with Crippen LogP contribution in [0.4, 0.5) is 0 Å². The Morgan fingerprint density at radius 2 is 2.00 bits per heavy atom. The number of aliphatic hydroxyl groups is 1.